The Balaban J connectivity index is 2.22. The summed E-state index contributed by atoms with van der Waals surface area (Å²) in [7, 11) is 1.30. The summed E-state index contributed by atoms with van der Waals surface area (Å²) in [4.78, 5) is 23.7. The Hall–Kier alpha value is -2.72. The van der Waals surface area contributed by atoms with E-state index in [9.17, 15) is 14.9 Å². The Morgan fingerprint density at radius 2 is 2.04 bits per heavy atom. The van der Waals surface area contributed by atoms with Gasteiger partial charge in [-0.25, -0.2) is 4.79 Å². The van der Waals surface area contributed by atoms with Crippen LogP contribution in [0.5, 0.6) is 5.75 Å². The number of rotatable bonds is 7. The van der Waals surface area contributed by atoms with E-state index in [1.165, 1.54) is 30.6 Å². The Bertz CT molecular complexity index is 866. The van der Waals surface area contributed by atoms with E-state index < -0.39 is 10.9 Å². The second kappa shape index (κ2) is 9.28. The first-order valence-electron chi connectivity index (χ1n) is 8.09. The number of nitrogens with zero attached hydrogens (tertiary/aromatic N) is 1. The van der Waals surface area contributed by atoms with Crippen molar-refractivity contribution in [2.24, 2.45) is 0 Å². The van der Waals surface area contributed by atoms with Crippen LogP contribution in [0.1, 0.15) is 29.1 Å². The SMILES string of the molecule is CCOc1ccc(NC(=S)Nc2sc(CC)cc2C(=O)OC)c([N+](=O)[O-])c1. The highest BCUT2D eigenvalue weighted by Gasteiger charge is 2.19. The molecule has 1 aromatic carbocycles. The van der Waals surface area contributed by atoms with Gasteiger partial charge < -0.3 is 20.1 Å². The molecule has 0 spiro atoms. The summed E-state index contributed by atoms with van der Waals surface area (Å²) in [6, 6.07) is 6.20. The van der Waals surface area contributed by atoms with Crippen LogP contribution in [0.2, 0.25) is 0 Å². The van der Waals surface area contributed by atoms with Crippen molar-refractivity contribution in [3.05, 3.63) is 44.8 Å². The fourth-order valence-corrected chi connectivity index (χ4v) is 3.52. The third-order valence-electron chi connectivity index (χ3n) is 3.49. The Morgan fingerprint density at radius 3 is 2.63 bits per heavy atom. The molecule has 0 amide bonds. The summed E-state index contributed by atoms with van der Waals surface area (Å²) in [6.07, 6.45) is 0.751. The fraction of sp³-hybridized carbons (Fsp3) is 0.294. The minimum absolute atomic E-state index is 0.122. The van der Waals surface area contributed by atoms with Crippen LogP contribution >= 0.6 is 23.6 Å². The van der Waals surface area contributed by atoms with Crippen molar-refractivity contribution < 1.29 is 19.2 Å². The number of nitro benzene ring substituents is 1. The van der Waals surface area contributed by atoms with Crippen LogP contribution in [0, 0.1) is 10.1 Å². The largest absolute Gasteiger partial charge is 0.494 e. The quantitative estimate of drug-likeness (QED) is 0.303. The van der Waals surface area contributed by atoms with Crippen LogP contribution < -0.4 is 15.4 Å². The standard InChI is InChI=1S/C17H19N3O5S2/c1-4-11-9-12(16(21)24-3)15(27-11)19-17(26)18-13-7-6-10(25-5-2)8-14(13)20(22)23/h6-9H,4-5H2,1-3H3,(H2,18,19,26). The van der Waals surface area contributed by atoms with Gasteiger partial charge in [-0.3, -0.25) is 10.1 Å². The van der Waals surface area contributed by atoms with Crippen molar-refractivity contribution in [1.82, 2.24) is 0 Å². The number of carbonyl (C=O) groups is 1. The Labute approximate surface area is 165 Å². The second-order valence-electron chi connectivity index (χ2n) is 5.25. The molecule has 0 atom stereocenters. The average molecular weight is 409 g/mol. The molecule has 0 fully saturated rings. The van der Waals surface area contributed by atoms with E-state index >= 15 is 0 Å². The topological polar surface area (TPSA) is 103 Å². The van der Waals surface area contributed by atoms with E-state index in [0.29, 0.717) is 22.9 Å². The van der Waals surface area contributed by atoms with Gasteiger partial charge in [0.2, 0.25) is 0 Å². The molecular formula is C17H19N3O5S2. The van der Waals surface area contributed by atoms with Crippen LogP contribution in [-0.4, -0.2) is 29.7 Å². The minimum Gasteiger partial charge on any atom is -0.494 e. The highest BCUT2D eigenvalue weighted by molar-refractivity contribution is 7.80. The summed E-state index contributed by atoms with van der Waals surface area (Å²) in [6.45, 7) is 4.16. The zero-order valence-corrected chi connectivity index (χ0v) is 16.7. The number of nitro groups is 1. The van der Waals surface area contributed by atoms with E-state index in [1.807, 2.05) is 6.92 Å². The number of hydrogen-bond acceptors (Lipinski definition) is 7. The maximum absolute atomic E-state index is 11.9. The van der Waals surface area contributed by atoms with Gasteiger partial charge >= 0.3 is 5.97 Å². The molecule has 0 aliphatic rings. The number of ether oxygens (including phenoxy) is 2. The first kappa shape index (κ1) is 20.6. The predicted molar refractivity (Wildman–Crippen MR) is 109 cm³/mol. The van der Waals surface area contributed by atoms with E-state index in [2.05, 4.69) is 10.6 Å². The summed E-state index contributed by atoms with van der Waals surface area (Å²) in [5.41, 5.74) is 0.413. The molecule has 2 aromatic rings. The normalized spacial score (nSPS) is 10.2. The smallest absolute Gasteiger partial charge is 0.340 e. The number of benzene rings is 1. The third kappa shape index (κ3) is 5.14. The van der Waals surface area contributed by atoms with E-state index in [1.54, 1.807) is 19.1 Å². The number of thiophene rings is 1. The molecule has 144 valence electrons. The molecule has 0 saturated heterocycles. The van der Waals surface area contributed by atoms with Crippen molar-refractivity contribution >= 4 is 51.0 Å². The van der Waals surface area contributed by atoms with Gasteiger partial charge in [0.05, 0.1) is 30.3 Å². The molecule has 0 saturated carbocycles. The first-order valence-corrected chi connectivity index (χ1v) is 9.32. The zero-order valence-electron chi connectivity index (χ0n) is 15.0. The zero-order chi connectivity index (χ0) is 20.0. The molecule has 0 unspecified atom stereocenters. The number of esters is 1. The maximum atomic E-state index is 11.9. The number of anilines is 2. The van der Waals surface area contributed by atoms with Gasteiger partial charge in [-0.05, 0) is 43.8 Å². The summed E-state index contributed by atoms with van der Waals surface area (Å²) in [5, 5.41) is 17.7. The number of aryl methyl sites for hydroxylation is 1. The van der Waals surface area contributed by atoms with Crippen LogP contribution in [0.4, 0.5) is 16.4 Å². The monoisotopic (exact) mass is 409 g/mol. The lowest BCUT2D eigenvalue weighted by Gasteiger charge is -2.11. The second-order valence-corrected chi connectivity index (χ2v) is 6.79. The first-order chi connectivity index (χ1) is 12.9. The Morgan fingerprint density at radius 1 is 1.30 bits per heavy atom. The van der Waals surface area contributed by atoms with Gasteiger partial charge in [0.25, 0.3) is 5.69 Å². The van der Waals surface area contributed by atoms with Gasteiger partial charge in [-0.15, -0.1) is 11.3 Å². The molecule has 1 aromatic heterocycles. The Kier molecular flexibility index (Phi) is 7.08. The van der Waals surface area contributed by atoms with Gasteiger partial charge in [-0.1, -0.05) is 6.92 Å². The van der Waals surface area contributed by atoms with Crippen molar-refractivity contribution in [3.8, 4) is 5.75 Å². The summed E-state index contributed by atoms with van der Waals surface area (Å²) < 4.78 is 10.1. The highest BCUT2D eigenvalue weighted by Crippen LogP contribution is 2.31. The number of methoxy groups -OCH3 is 1. The number of hydrogen-bond donors (Lipinski definition) is 2. The molecule has 0 bridgehead atoms. The molecule has 0 radical (unpaired) electrons. The van der Waals surface area contributed by atoms with Gasteiger partial charge in [0.1, 0.15) is 16.4 Å². The molecule has 0 aliphatic carbocycles. The summed E-state index contributed by atoms with van der Waals surface area (Å²) in [5.74, 6) is -0.0873. The highest BCUT2D eigenvalue weighted by atomic mass is 32.1. The molecule has 2 N–H and O–H groups in total. The molecule has 27 heavy (non-hydrogen) atoms. The molecule has 1 heterocycles. The van der Waals surface area contributed by atoms with E-state index in [4.69, 9.17) is 21.7 Å². The fourth-order valence-electron chi connectivity index (χ4n) is 2.25. The van der Waals surface area contributed by atoms with Crippen molar-refractivity contribution in [2.45, 2.75) is 20.3 Å². The molecular weight excluding hydrogens is 390 g/mol. The molecule has 10 heteroatoms. The lowest BCUT2D eigenvalue weighted by Crippen LogP contribution is -2.20. The number of thiocarbonyl (C=S) groups is 1. The van der Waals surface area contributed by atoms with Crippen molar-refractivity contribution in [1.29, 1.82) is 0 Å². The van der Waals surface area contributed by atoms with Crippen LogP contribution in [0.3, 0.4) is 0 Å². The maximum Gasteiger partial charge on any atom is 0.340 e. The van der Waals surface area contributed by atoms with Crippen molar-refractivity contribution in [2.75, 3.05) is 24.4 Å². The molecule has 0 aliphatic heterocycles. The molecule has 2 rings (SSSR count). The lowest BCUT2D eigenvalue weighted by atomic mass is 10.2. The minimum atomic E-state index is -0.520. The van der Waals surface area contributed by atoms with Crippen LogP contribution in [-0.2, 0) is 11.2 Å². The number of nitrogens with one attached hydrogen (secondary N) is 2. The van der Waals surface area contributed by atoms with E-state index in [0.717, 1.165) is 11.3 Å². The van der Waals surface area contributed by atoms with Crippen LogP contribution in [0.25, 0.3) is 0 Å². The van der Waals surface area contributed by atoms with Gasteiger partial charge in [-0.2, -0.15) is 0 Å². The van der Waals surface area contributed by atoms with Gasteiger partial charge in [0.15, 0.2) is 5.11 Å². The third-order valence-corrected chi connectivity index (χ3v) is 4.89. The van der Waals surface area contributed by atoms with E-state index in [-0.39, 0.29) is 16.5 Å². The molecule has 8 nitrogen and oxygen atoms in total. The van der Waals surface area contributed by atoms with Crippen LogP contribution in [0.15, 0.2) is 24.3 Å². The average Bonchev–Trinajstić information content (AvgIpc) is 3.05. The van der Waals surface area contributed by atoms with Crippen molar-refractivity contribution in [3.63, 3.8) is 0 Å². The number of carbonyl (C=O) groups excluding carboxylic acids is 1. The summed E-state index contributed by atoms with van der Waals surface area (Å²) >= 11 is 6.62. The lowest BCUT2D eigenvalue weighted by molar-refractivity contribution is -0.384. The predicted octanol–water partition coefficient (Wildman–Crippen LogP) is 4.21. The van der Waals surface area contributed by atoms with Gasteiger partial charge in [0, 0.05) is 4.88 Å².